The molecule has 144 valence electrons. The van der Waals surface area contributed by atoms with Gasteiger partial charge in [0.15, 0.2) is 11.5 Å². The predicted molar refractivity (Wildman–Crippen MR) is 97.0 cm³/mol. The van der Waals surface area contributed by atoms with Crippen molar-refractivity contribution in [2.45, 2.75) is 11.8 Å². The molecule has 0 radical (unpaired) electrons. The number of nitrogens with one attached hydrogen (secondary N) is 1. The summed E-state index contributed by atoms with van der Waals surface area (Å²) in [7, 11) is -1.51. The molecule has 0 aromatic heterocycles. The lowest BCUT2D eigenvalue weighted by Gasteiger charge is -2.10. The smallest absolute Gasteiger partial charge is 0.280 e. The van der Waals surface area contributed by atoms with Gasteiger partial charge in [-0.2, -0.15) is 18.4 Å². The number of hydrogen-bond donors (Lipinski definition) is 2. The molecule has 0 amide bonds. The molecule has 11 heteroatoms. The van der Waals surface area contributed by atoms with Gasteiger partial charge in [0.1, 0.15) is 10.6 Å². The van der Waals surface area contributed by atoms with Gasteiger partial charge in [0.05, 0.1) is 31.4 Å². The van der Waals surface area contributed by atoms with Crippen molar-refractivity contribution in [1.82, 2.24) is 4.83 Å². The Bertz CT molecular complexity index is 1000. The topological polar surface area (TPSA) is 140 Å². The second-order valence-electron chi connectivity index (χ2n) is 5.35. The van der Waals surface area contributed by atoms with Crippen molar-refractivity contribution < 1.29 is 27.9 Å². The van der Waals surface area contributed by atoms with Gasteiger partial charge in [-0.3, -0.25) is 10.1 Å². The number of benzene rings is 2. The van der Waals surface area contributed by atoms with Gasteiger partial charge in [0.2, 0.25) is 0 Å². The molecule has 2 N–H and O–H groups in total. The molecular formula is C16H17N3O7S. The van der Waals surface area contributed by atoms with Crippen LogP contribution in [0.15, 0.2) is 40.3 Å². The van der Waals surface area contributed by atoms with E-state index in [1.807, 2.05) is 4.83 Å². The fourth-order valence-corrected chi connectivity index (χ4v) is 3.23. The van der Waals surface area contributed by atoms with E-state index in [1.54, 1.807) is 13.0 Å². The van der Waals surface area contributed by atoms with Crippen LogP contribution >= 0.6 is 0 Å². The molecule has 0 aliphatic rings. The van der Waals surface area contributed by atoms with Crippen LogP contribution in [0.2, 0.25) is 0 Å². The second kappa shape index (κ2) is 7.91. The summed E-state index contributed by atoms with van der Waals surface area (Å²) in [5.41, 5.74) is 0.246. The standard InChI is InChI=1S/C16H17N3O7S/c1-10-4-5-13(25-2)15(6-10)27(23,24)18-17-9-11-7-12(19(21)22)8-14(26-3)16(11)20/h4-9,18,20H,1-3H3/b17-9+. The van der Waals surface area contributed by atoms with Crippen LogP contribution < -0.4 is 14.3 Å². The minimum atomic E-state index is -4.07. The van der Waals surface area contributed by atoms with Crippen LogP contribution in [0, 0.1) is 17.0 Å². The highest BCUT2D eigenvalue weighted by Gasteiger charge is 2.20. The highest BCUT2D eigenvalue weighted by Crippen LogP contribution is 2.33. The number of non-ortho nitro benzene ring substituents is 1. The molecule has 0 aliphatic carbocycles. The average Bonchev–Trinajstić information content (AvgIpc) is 2.62. The number of rotatable bonds is 7. The fraction of sp³-hybridized carbons (Fsp3) is 0.188. The number of ether oxygens (including phenoxy) is 2. The molecule has 0 heterocycles. The number of nitro groups is 1. The van der Waals surface area contributed by atoms with E-state index in [-0.39, 0.29) is 27.6 Å². The molecule has 27 heavy (non-hydrogen) atoms. The van der Waals surface area contributed by atoms with Crippen molar-refractivity contribution in [3.05, 3.63) is 51.6 Å². The number of aromatic hydroxyl groups is 1. The number of hydrazone groups is 1. The van der Waals surface area contributed by atoms with E-state index in [0.29, 0.717) is 5.56 Å². The number of nitro benzene ring substituents is 1. The predicted octanol–water partition coefficient (Wildman–Crippen LogP) is 1.94. The van der Waals surface area contributed by atoms with E-state index in [1.165, 1.54) is 26.4 Å². The van der Waals surface area contributed by atoms with Gasteiger partial charge < -0.3 is 14.6 Å². The van der Waals surface area contributed by atoms with Gasteiger partial charge in [-0.25, -0.2) is 0 Å². The number of methoxy groups -OCH3 is 2. The lowest BCUT2D eigenvalue weighted by atomic mass is 10.2. The van der Waals surface area contributed by atoms with E-state index in [4.69, 9.17) is 9.47 Å². The third-order valence-corrected chi connectivity index (χ3v) is 4.75. The van der Waals surface area contributed by atoms with Crippen molar-refractivity contribution in [2.24, 2.45) is 5.10 Å². The fourth-order valence-electron chi connectivity index (χ4n) is 2.18. The summed E-state index contributed by atoms with van der Waals surface area (Å²) in [6.45, 7) is 1.72. The highest BCUT2D eigenvalue weighted by molar-refractivity contribution is 7.89. The van der Waals surface area contributed by atoms with Crippen LogP contribution in [0.3, 0.4) is 0 Å². The van der Waals surface area contributed by atoms with E-state index >= 15 is 0 Å². The Balaban J connectivity index is 2.36. The monoisotopic (exact) mass is 395 g/mol. The van der Waals surface area contributed by atoms with Crippen LogP contribution in [-0.4, -0.2) is 38.9 Å². The van der Waals surface area contributed by atoms with Crippen LogP contribution in [0.5, 0.6) is 17.2 Å². The Hall–Kier alpha value is -3.34. The molecule has 0 bridgehead atoms. The van der Waals surface area contributed by atoms with E-state index in [0.717, 1.165) is 18.3 Å². The summed E-state index contributed by atoms with van der Waals surface area (Å²) in [6.07, 6.45) is 0.935. The molecule has 2 aromatic rings. The zero-order valence-electron chi connectivity index (χ0n) is 14.7. The molecule has 0 aliphatic heterocycles. The Kier molecular flexibility index (Phi) is 5.85. The zero-order chi connectivity index (χ0) is 20.2. The maximum absolute atomic E-state index is 12.4. The molecule has 0 atom stereocenters. The molecule has 0 saturated carbocycles. The normalized spacial score (nSPS) is 11.4. The average molecular weight is 395 g/mol. The molecule has 0 fully saturated rings. The summed E-state index contributed by atoms with van der Waals surface area (Å²) >= 11 is 0. The number of hydrogen-bond acceptors (Lipinski definition) is 8. The largest absolute Gasteiger partial charge is 0.504 e. The second-order valence-corrected chi connectivity index (χ2v) is 6.98. The maximum Gasteiger partial charge on any atom is 0.280 e. The third kappa shape index (κ3) is 4.44. The van der Waals surface area contributed by atoms with Crippen LogP contribution in [0.1, 0.15) is 11.1 Å². The molecule has 2 aromatic carbocycles. The first-order valence-electron chi connectivity index (χ1n) is 7.44. The molecule has 2 rings (SSSR count). The number of aryl methyl sites for hydroxylation is 1. The van der Waals surface area contributed by atoms with Crippen molar-refractivity contribution in [2.75, 3.05) is 14.2 Å². The van der Waals surface area contributed by atoms with Gasteiger partial charge in [-0.15, -0.1) is 0 Å². The lowest BCUT2D eigenvalue weighted by Crippen LogP contribution is -2.19. The van der Waals surface area contributed by atoms with Crippen molar-refractivity contribution in [3.8, 4) is 17.2 Å². The van der Waals surface area contributed by atoms with Crippen molar-refractivity contribution in [3.63, 3.8) is 0 Å². The Morgan fingerprint density at radius 2 is 1.85 bits per heavy atom. The van der Waals surface area contributed by atoms with Gasteiger partial charge in [-0.05, 0) is 24.6 Å². The first-order valence-corrected chi connectivity index (χ1v) is 8.93. The molecule has 10 nitrogen and oxygen atoms in total. The summed E-state index contributed by atoms with van der Waals surface area (Å²) in [4.78, 5) is 12.1. The summed E-state index contributed by atoms with van der Waals surface area (Å²) < 4.78 is 34.8. The summed E-state index contributed by atoms with van der Waals surface area (Å²) in [6, 6.07) is 6.67. The minimum Gasteiger partial charge on any atom is -0.504 e. The van der Waals surface area contributed by atoms with E-state index < -0.39 is 20.7 Å². The zero-order valence-corrected chi connectivity index (χ0v) is 15.5. The first-order chi connectivity index (χ1) is 12.7. The number of nitrogens with zero attached hydrogens (tertiary/aromatic N) is 2. The summed E-state index contributed by atoms with van der Waals surface area (Å²) in [5, 5.41) is 24.6. The van der Waals surface area contributed by atoms with E-state index in [9.17, 15) is 23.6 Å². The van der Waals surface area contributed by atoms with Gasteiger partial charge in [-0.1, -0.05) is 6.07 Å². The van der Waals surface area contributed by atoms with Gasteiger partial charge >= 0.3 is 0 Å². The van der Waals surface area contributed by atoms with Crippen molar-refractivity contribution >= 4 is 21.9 Å². The van der Waals surface area contributed by atoms with E-state index in [2.05, 4.69) is 5.10 Å². The Morgan fingerprint density at radius 3 is 2.44 bits per heavy atom. The number of phenolic OH excluding ortho intramolecular Hbond substituents is 1. The molecule has 0 unspecified atom stereocenters. The highest BCUT2D eigenvalue weighted by atomic mass is 32.2. The quantitative estimate of drug-likeness (QED) is 0.415. The van der Waals surface area contributed by atoms with Gasteiger partial charge in [0, 0.05) is 11.6 Å². The van der Waals surface area contributed by atoms with Gasteiger partial charge in [0.25, 0.3) is 15.7 Å². The van der Waals surface area contributed by atoms with Crippen molar-refractivity contribution in [1.29, 1.82) is 0 Å². The molecule has 0 spiro atoms. The Morgan fingerprint density at radius 1 is 1.19 bits per heavy atom. The molecule has 0 saturated heterocycles. The van der Waals surface area contributed by atoms with Crippen LogP contribution in [0.4, 0.5) is 5.69 Å². The number of phenols is 1. The maximum atomic E-state index is 12.4. The first kappa shape index (κ1) is 20.0. The SMILES string of the molecule is COc1ccc(C)cc1S(=O)(=O)N/N=C/c1cc([N+](=O)[O-])cc(OC)c1O. The molecular weight excluding hydrogens is 378 g/mol. The third-order valence-electron chi connectivity index (χ3n) is 3.51. The summed E-state index contributed by atoms with van der Waals surface area (Å²) in [5.74, 6) is -0.434. The lowest BCUT2D eigenvalue weighted by molar-refractivity contribution is -0.385. The number of sulfonamides is 1. The van der Waals surface area contributed by atoms with Crippen LogP contribution in [0.25, 0.3) is 0 Å². The minimum absolute atomic E-state index is 0.0973. The van der Waals surface area contributed by atoms with Crippen LogP contribution in [-0.2, 0) is 10.0 Å². The Labute approximate surface area is 155 Å².